The maximum atomic E-state index is 12.2. The van der Waals surface area contributed by atoms with E-state index in [0.717, 1.165) is 16.8 Å². The van der Waals surface area contributed by atoms with Crippen molar-refractivity contribution in [2.45, 2.75) is 0 Å². The van der Waals surface area contributed by atoms with E-state index in [2.05, 4.69) is 5.32 Å². The third kappa shape index (κ3) is 2.89. The van der Waals surface area contributed by atoms with Crippen LogP contribution in [0.1, 0.15) is 21.7 Å². The third-order valence-corrected chi connectivity index (χ3v) is 4.37. The second-order valence-electron chi connectivity index (χ2n) is 5.85. The van der Waals surface area contributed by atoms with Gasteiger partial charge < -0.3 is 15.5 Å². The van der Waals surface area contributed by atoms with Gasteiger partial charge in [-0.15, -0.1) is 0 Å². The smallest absolute Gasteiger partial charge is 0.256 e. The van der Waals surface area contributed by atoms with E-state index in [1.807, 2.05) is 0 Å². The number of nitrogens with one attached hydrogen (secondary N) is 1. The van der Waals surface area contributed by atoms with Crippen LogP contribution in [0.5, 0.6) is 0 Å². The van der Waals surface area contributed by atoms with Crippen LogP contribution in [0.25, 0.3) is 23.0 Å². The van der Waals surface area contributed by atoms with Gasteiger partial charge in [-0.25, -0.2) is 0 Å². The van der Waals surface area contributed by atoms with Crippen LogP contribution in [0.2, 0.25) is 5.02 Å². The molecule has 0 spiro atoms. The summed E-state index contributed by atoms with van der Waals surface area (Å²) in [7, 11) is 0. The fourth-order valence-electron chi connectivity index (χ4n) is 2.83. The topological polar surface area (TPSA) is 85.3 Å². The Morgan fingerprint density at radius 3 is 2.58 bits per heavy atom. The lowest BCUT2D eigenvalue weighted by atomic mass is 10.1. The van der Waals surface area contributed by atoms with Gasteiger partial charge in [0.2, 0.25) is 5.91 Å². The number of fused-ring (bicyclic) bond motifs is 1. The predicted octanol–water partition coefficient (Wildman–Crippen LogP) is 4.19. The fourth-order valence-corrected chi connectivity index (χ4v) is 3.00. The summed E-state index contributed by atoms with van der Waals surface area (Å²) in [4.78, 5) is 23.4. The van der Waals surface area contributed by atoms with Crippen LogP contribution < -0.4 is 11.1 Å². The number of hydrogen-bond acceptors (Lipinski definition) is 3. The van der Waals surface area contributed by atoms with Crippen LogP contribution in [0.3, 0.4) is 0 Å². The summed E-state index contributed by atoms with van der Waals surface area (Å²) < 4.78 is 5.82. The summed E-state index contributed by atoms with van der Waals surface area (Å²) in [6.45, 7) is 0. The number of nitrogens with two attached hydrogens (primary N) is 1. The highest BCUT2D eigenvalue weighted by molar-refractivity contribution is 6.36. The summed E-state index contributed by atoms with van der Waals surface area (Å²) in [5.41, 5.74) is 8.43. The number of anilines is 1. The predicted molar refractivity (Wildman–Crippen MR) is 101 cm³/mol. The number of halogens is 1. The number of amides is 2. The summed E-state index contributed by atoms with van der Waals surface area (Å²) in [6, 6.07) is 15.6. The molecule has 2 amide bonds. The molecule has 0 saturated heterocycles. The highest BCUT2D eigenvalue weighted by Crippen LogP contribution is 2.35. The lowest BCUT2D eigenvalue weighted by Crippen LogP contribution is -2.10. The van der Waals surface area contributed by atoms with Gasteiger partial charge in [-0.3, -0.25) is 9.59 Å². The quantitative estimate of drug-likeness (QED) is 0.683. The Balaban J connectivity index is 1.67. The van der Waals surface area contributed by atoms with Crippen molar-refractivity contribution >= 4 is 40.8 Å². The molecule has 26 heavy (non-hydrogen) atoms. The van der Waals surface area contributed by atoms with E-state index in [1.54, 1.807) is 60.7 Å². The zero-order valence-corrected chi connectivity index (χ0v) is 14.2. The molecule has 4 rings (SSSR count). The van der Waals surface area contributed by atoms with Crippen LogP contribution in [0, 0.1) is 0 Å². The van der Waals surface area contributed by atoms with Crippen molar-refractivity contribution in [2.75, 3.05) is 5.32 Å². The van der Waals surface area contributed by atoms with E-state index in [-0.39, 0.29) is 5.91 Å². The van der Waals surface area contributed by atoms with E-state index in [9.17, 15) is 9.59 Å². The lowest BCUT2D eigenvalue weighted by molar-refractivity contribution is -0.110. The molecule has 0 unspecified atom stereocenters. The minimum absolute atomic E-state index is 0.203. The molecular formula is C20H13ClN2O3. The molecule has 2 aromatic carbocycles. The average molecular weight is 365 g/mol. The molecule has 0 atom stereocenters. The Hall–Kier alpha value is -3.31. The number of rotatable bonds is 3. The molecular weight excluding hydrogens is 352 g/mol. The van der Waals surface area contributed by atoms with Gasteiger partial charge in [-0.05, 0) is 48.5 Å². The number of carbonyl (C=O) groups is 2. The average Bonchev–Trinajstić information content (AvgIpc) is 3.21. The molecule has 0 radical (unpaired) electrons. The van der Waals surface area contributed by atoms with Crippen LogP contribution in [0.4, 0.5) is 5.69 Å². The Morgan fingerprint density at radius 2 is 1.85 bits per heavy atom. The Labute approximate surface area is 154 Å². The highest BCUT2D eigenvalue weighted by Gasteiger charge is 2.24. The molecule has 3 N–H and O–H groups in total. The summed E-state index contributed by atoms with van der Waals surface area (Å²) in [5.74, 6) is 0.478. The first-order chi connectivity index (χ1) is 12.5. The number of primary amides is 1. The normalized spacial score (nSPS) is 14.3. The number of carbonyl (C=O) groups excluding carboxylic acids is 2. The zero-order valence-electron chi connectivity index (χ0n) is 13.5. The Bertz CT molecular complexity index is 1060. The summed E-state index contributed by atoms with van der Waals surface area (Å²) in [6.07, 6.45) is 1.68. The maximum absolute atomic E-state index is 12.2. The van der Waals surface area contributed by atoms with Crippen LogP contribution in [0.15, 0.2) is 59.0 Å². The first kappa shape index (κ1) is 16.2. The van der Waals surface area contributed by atoms with Gasteiger partial charge in [0.25, 0.3) is 5.91 Å². The van der Waals surface area contributed by atoms with E-state index in [1.165, 1.54) is 0 Å². The minimum Gasteiger partial charge on any atom is -0.457 e. The molecule has 6 heteroatoms. The van der Waals surface area contributed by atoms with Crippen molar-refractivity contribution in [3.63, 3.8) is 0 Å². The van der Waals surface area contributed by atoms with Crippen LogP contribution >= 0.6 is 11.6 Å². The summed E-state index contributed by atoms with van der Waals surface area (Å²) >= 11 is 6.04. The third-order valence-electron chi connectivity index (χ3n) is 4.13. The Kier molecular flexibility index (Phi) is 3.86. The first-order valence-electron chi connectivity index (χ1n) is 7.84. The van der Waals surface area contributed by atoms with E-state index in [4.69, 9.17) is 21.8 Å². The molecule has 0 saturated carbocycles. The van der Waals surface area contributed by atoms with Crippen molar-refractivity contribution in [2.24, 2.45) is 5.73 Å². The molecule has 0 fully saturated rings. The molecule has 1 aliphatic rings. The van der Waals surface area contributed by atoms with Crippen molar-refractivity contribution in [1.29, 1.82) is 0 Å². The molecule has 128 valence electrons. The van der Waals surface area contributed by atoms with Gasteiger partial charge >= 0.3 is 0 Å². The van der Waals surface area contributed by atoms with Crippen LogP contribution in [-0.2, 0) is 4.79 Å². The van der Waals surface area contributed by atoms with Gasteiger partial charge in [0.1, 0.15) is 11.5 Å². The van der Waals surface area contributed by atoms with Gasteiger partial charge in [0.15, 0.2) is 0 Å². The zero-order chi connectivity index (χ0) is 18.3. The maximum Gasteiger partial charge on any atom is 0.256 e. The number of benzene rings is 2. The molecule has 1 aliphatic heterocycles. The number of hydrogen-bond donors (Lipinski definition) is 2. The van der Waals surface area contributed by atoms with E-state index < -0.39 is 5.91 Å². The summed E-state index contributed by atoms with van der Waals surface area (Å²) in [5, 5.41) is 3.36. The lowest BCUT2D eigenvalue weighted by Gasteiger charge is -1.99. The molecule has 3 aromatic rings. The van der Waals surface area contributed by atoms with Gasteiger partial charge in [-0.2, -0.15) is 0 Å². The second kappa shape index (κ2) is 6.20. The van der Waals surface area contributed by atoms with E-state index in [0.29, 0.717) is 27.7 Å². The molecule has 0 bridgehead atoms. The van der Waals surface area contributed by atoms with E-state index >= 15 is 0 Å². The SMILES string of the molecule is NC(=O)c1ccc(-c2ccc(C=C3C(=O)Nc4ccc(Cl)cc43)o2)cc1. The molecule has 2 heterocycles. The fraction of sp³-hybridized carbons (Fsp3) is 0. The minimum atomic E-state index is -0.481. The van der Waals surface area contributed by atoms with Gasteiger partial charge in [-0.1, -0.05) is 23.7 Å². The van der Waals surface area contributed by atoms with Crippen LogP contribution in [-0.4, -0.2) is 11.8 Å². The molecule has 5 nitrogen and oxygen atoms in total. The molecule has 0 aliphatic carbocycles. The first-order valence-corrected chi connectivity index (χ1v) is 8.22. The van der Waals surface area contributed by atoms with Crippen molar-refractivity contribution < 1.29 is 14.0 Å². The number of furan rings is 1. The van der Waals surface area contributed by atoms with Crippen molar-refractivity contribution in [1.82, 2.24) is 0 Å². The largest absolute Gasteiger partial charge is 0.457 e. The van der Waals surface area contributed by atoms with Gasteiger partial charge in [0.05, 0.1) is 5.57 Å². The second-order valence-corrected chi connectivity index (χ2v) is 6.28. The standard InChI is InChI=1S/C20H13ClN2O3/c21-13-5-7-17-15(9-13)16(20(25)23-17)10-14-6-8-18(26-14)11-1-3-12(4-2-11)19(22)24/h1-10H,(H2,22,24)(H,23,25). The van der Waals surface area contributed by atoms with Crippen molar-refractivity contribution in [3.8, 4) is 11.3 Å². The Morgan fingerprint density at radius 1 is 1.08 bits per heavy atom. The van der Waals surface area contributed by atoms with Crippen molar-refractivity contribution in [3.05, 3.63) is 76.5 Å². The van der Waals surface area contributed by atoms with Gasteiger partial charge in [0, 0.05) is 27.4 Å². The highest BCUT2D eigenvalue weighted by atomic mass is 35.5. The molecule has 1 aromatic heterocycles. The monoisotopic (exact) mass is 364 g/mol.